The number of amides is 1. The molecule has 0 radical (unpaired) electrons. The minimum atomic E-state index is -0.0942. The molecule has 1 aromatic heterocycles. The Bertz CT molecular complexity index is 1250. The van der Waals surface area contributed by atoms with Crippen molar-refractivity contribution in [3.8, 4) is 17.0 Å². The molecule has 2 heterocycles. The van der Waals surface area contributed by atoms with Crippen LogP contribution in [0.5, 0.6) is 5.88 Å². The van der Waals surface area contributed by atoms with Crippen LogP contribution in [0.1, 0.15) is 27.0 Å². The SMILES string of the molecule is Cc1ccc(NC(=O)c2ccc3c(c2)CC3)cc1-c1cc(OCCOPI)nc(N2CCOCC2)c1. The van der Waals surface area contributed by atoms with Crippen LogP contribution in [0.15, 0.2) is 48.5 Å². The van der Waals surface area contributed by atoms with Gasteiger partial charge in [-0.2, -0.15) is 4.98 Å². The fourth-order valence-corrected chi connectivity index (χ4v) is 5.27. The second kappa shape index (κ2) is 11.9. The maximum Gasteiger partial charge on any atom is 0.255 e. The molecule has 1 atom stereocenters. The number of pyridine rings is 1. The number of benzene rings is 2. The van der Waals surface area contributed by atoms with Crippen LogP contribution in [0.25, 0.3) is 11.1 Å². The molecule has 2 aliphatic rings. The molecule has 0 saturated carbocycles. The van der Waals surface area contributed by atoms with Gasteiger partial charge in [-0.1, -0.05) is 12.1 Å². The number of carbonyl (C=O) groups is 1. The normalized spacial score (nSPS) is 15.0. The zero-order valence-corrected chi connectivity index (χ0v) is 23.3. The predicted molar refractivity (Wildman–Crippen MR) is 153 cm³/mol. The van der Waals surface area contributed by atoms with Crippen LogP contribution in [0, 0.1) is 6.92 Å². The van der Waals surface area contributed by atoms with Gasteiger partial charge in [0.1, 0.15) is 12.4 Å². The first-order valence-electron chi connectivity index (χ1n) is 12.1. The van der Waals surface area contributed by atoms with E-state index in [1.807, 2.05) is 36.4 Å². The molecule has 9 heteroatoms. The largest absolute Gasteiger partial charge is 0.475 e. The van der Waals surface area contributed by atoms with E-state index in [2.05, 4.69) is 51.3 Å². The van der Waals surface area contributed by atoms with Crippen LogP contribution >= 0.6 is 28.5 Å². The molecule has 2 aromatic carbocycles. The minimum Gasteiger partial charge on any atom is -0.475 e. The molecule has 1 fully saturated rings. The van der Waals surface area contributed by atoms with Gasteiger partial charge in [0.15, 0.2) is 0 Å². The molecule has 1 unspecified atom stereocenters. The van der Waals surface area contributed by atoms with E-state index >= 15 is 0 Å². The van der Waals surface area contributed by atoms with Crippen molar-refractivity contribution < 1.29 is 18.8 Å². The Morgan fingerprint density at radius 3 is 2.67 bits per heavy atom. The highest BCUT2D eigenvalue weighted by atomic mass is 127. The molecule has 1 amide bonds. The van der Waals surface area contributed by atoms with Gasteiger partial charge in [0.05, 0.1) is 26.3 Å². The number of fused-ring (bicyclic) bond motifs is 1. The van der Waals surface area contributed by atoms with E-state index in [1.165, 1.54) is 11.1 Å². The zero-order chi connectivity index (χ0) is 24.9. The Labute approximate surface area is 226 Å². The topological polar surface area (TPSA) is 72.9 Å². The Balaban J connectivity index is 1.41. The van der Waals surface area contributed by atoms with E-state index in [0.29, 0.717) is 44.3 Å². The Morgan fingerprint density at radius 2 is 1.92 bits per heavy atom. The molecule has 0 spiro atoms. The Morgan fingerprint density at radius 1 is 1.08 bits per heavy atom. The van der Waals surface area contributed by atoms with E-state index in [9.17, 15) is 4.79 Å². The van der Waals surface area contributed by atoms with E-state index < -0.39 is 0 Å². The van der Waals surface area contributed by atoms with E-state index in [4.69, 9.17) is 19.0 Å². The van der Waals surface area contributed by atoms with E-state index in [0.717, 1.165) is 54.1 Å². The summed E-state index contributed by atoms with van der Waals surface area (Å²) in [5, 5.41) is 3.08. The third-order valence-electron chi connectivity index (χ3n) is 6.55. The highest BCUT2D eigenvalue weighted by Crippen LogP contribution is 2.32. The van der Waals surface area contributed by atoms with Gasteiger partial charge in [0.2, 0.25) is 5.88 Å². The summed E-state index contributed by atoms with van der Waals surface area (Å²) in [5.74, 6) is 1.33. The molecule has 1 saturated heterocycles. The molecular formula is C27H29IN3O4P. The van der Waals surface area contributed by atoms with Crippen molar-refractivity contribution in [2.75, 3.05) is 49.7 Å². The molecule has 1 N–H and O–H groups in total. The molecule has 7 nitrogen and oxygen atoms in total. The predicted octanol–water partition coefficient (Wildman–Crippen LogP) is 5.58. The van der Waals surface area contributed by atoms with Crippen LogP contribution in [-0.2, 0) is 22.1 Å². The Kier molecular flexibility index (Phi) is 8.36. The molecule has 1 aliphatic heterocycles. The number of ether oxygens (including phenoxy) is 2. The summed E-state index contributed by atoms with van der Waals surface area (Å²) in [6.07, 6.45) is 2.15. The van der Waals surface area contributed by atoms with Crippen LogP contribution in [-0.4, -0.2) is 50.4 Å². The lowest BCUT2D eigenvalue weighted by atomic mass is 9.87. The van der Waals surface area contributed by atoms with Crippen molar-refractivity contribution in [3.05, 3.63) is 70.8 Å². The number of anilines is 2. The monoisotopic (exact) mass is 617 g/mol. The van der Waals surface area contributed by atoms with Crippen molar-refractivity contribution in [1.29, 1.82) is 0 Å². The molecule has 188 valence electrons. The summed E-state index contributed by atoms with van der Waals surface area (Å²) < 4.78 is 16.9. The highest BCUT2D eigenvalue weighted by Gasteiger charge is 2.18. The number of hydrogen-bond donors (Lipinski definition) is 1. The summed E-state index contributed by atoms with van der Waals surface area (Å²) in [4.78, 5) is 19.9. The van der Waals surface area contributed by atoms with Gasteiger partial charge in [-0.3, -0.25) is 4.79 Å². The van der Waals surface area contributed by atoms with Crippen molar-refractivity contribution in [3.63, 3.8) is 0 Å². The average Bonchev–Trinajstić information content (AvgIpc) is 2.89. The molecule has 1 aliphatic carbocycles. The van der Waals surface area contributed by atoms with Crippen LogP contribution < -0.4 is 15.0 Å². The summed E-state index contributed by atoms with van der Waals surface area (Å²) >= 11 is 2.20. The smallest absolute Gasteiger partial charge is 0.255 e. The van der Waals surface area contributed by atoms with Gasteiger partial charge in [0.25, 0.3) is 5.91 Å². The van der Waals surface area contributed by atoms with Crippen LogP contribution in [0.3, 0.4) is 0 Å². The number of nitrogens with zero attached hydrogens (tertiary/aromatic N) is 2. The maximum absolute atomic E-state index is 12.9. The third kappa shape index (κ3) is 5.99. The summed E-state index contributed by atoms with van der Waals surface area (Å²) in [6.45, 7) is 6.34. The maximum atomic E-state index is 12.9. The lowest BCUT2D eigenvalue weighted by molar-refractivity contribution is 0.102. The van der Waals surface area contributed by atoms with Crippen molar-refractivity contribution in [2.24, 2.45) is 0 Å². The van der Waals surface area contributed by atoms with Gasteiger partial charge in [0, 0.05) is 30.4 Å². The molecule has 0 bridgehead atoms. The lowest BCUT2D eigenvalue weighted by Gasteiger charge is -2.28. The number of nitrogens with one attached hydrogen (secondary N) is 1. The summed E-state index contributed by atoms with van der Waals surface area (Å²) in [5.41, 5.74) is 7.19. The van der Waals surface area contributed by atoms with Crippen molar-refractivity contribution >= 4 is 45.9 Å². The fourth-order valence-electron chi connectivity index (χ4n) is 4.45. The van der Waals surface area contributed by atoms with Gasteiger partial charge < -0.3 is 24.2 Å². The number of aryl methyl sites for hydroxylation is 3. The van der Waals surface area contributed by atoms with E-state index in [-0.39, 0.29) is 5.91 Å². The number of morpholine rings is 1. The zero-order valence-electron chi connectivity index (χ0n) is 20.2. The molecular weight excluding hydrogens is 588 g/mol. The quantitative estimate of drug-likeness (QED) is 0.192. The van der Waals surface area contributed by atoms with Crippen molar-refractivity contribution in [1.82, 2.24) is 4.98 Å². The first-order chi connectivity index (χ1) is 17.6. The van der Waals surface area contributed by atoms with Crippen molar-refractivity contribution in [2.45, 2.75) is 19.8 Å². The Hall–Kier alpha value is -2.26. The number of rotatable bonds is 9. The van der Waals surface area contributed by atoms with Gasteiger partial charge >= 0.3 is 0 Å². The second-order valence-electron chi connectivity index (χ2n) is 8.89. The van der Waals surface area contributed by atoms with Gasteiger partial charge in [-0.25, -0.2) is 0 Å². The highest BCUT2D eigenvalue weighted by molar-refractivity contribution is 14.2. The molecule has 5 rings (SSSR count). The standard InChI is InChI=1S/C27H29IN3O4P/c1-18-2-7-23(29-27(32)21-6-4-19-3-5-20(19)14-21)17-24(18)22-15-25(31-8-10-33-11-9-31)30-26(16-22)34-12-13-35-36-28/h2,4,6-7,14-17,36H,3,5,8-13H2,1H3,(H,29,32). The summed E-state index contributed by atoms with van der Waals surface area (Å²) in [7, 11) is 0. The minimum absolute atomic E-state index is 0.0942. The lowest BCUT2D eigenvalue weighted by Crippen LogP contribution is -2.36. The van der Waals surface area contributed by atoms with Gasteiger partial charge in [-0.15, -0.1) is 0 Å². The third-order valence-corrected chi connectivity index (χ3v) is 7.80. The van der Waals surface area contributed by atoms with Gasteiger partial charge in [-0.05, 0) is 100.0 Å². The fraction of sp³-hybridized carbons (Fsp3) is 0.333. The summed E-state index contributed by atoms with van der Waals surface area (Å²) in [6, 6.07) is 16.0. The number of hydrogen-bond acceptors (Lipinski definition) is 6. The number of halogens is 1. The number of aromatic nitrogens is 1. The van der Waals surface area contributed by atoms with Crippen LogP contribution in [0.4, 0.5) is 11.5 Å². The average molecular weight is 617 g/mol. The second-order valence-corrected chi connectivity index (χ2v) is 10.7. The molecule has 36 heavy (non-hydrogen) atoms. The molecule has 3 aromatic rings. The first-order valence-corrected chi connectivity index (χ1v) is 16.1. The van der Waals surface area contributed by atoms with E-state index in [1.54, 1.807) is 0 Å². The number of carbonyl (C=O) groups excluding carboxylic acids is 1. The first kappa shape index (κ1) is 25.4. The van der Waals surface area contributed by atoms with Crippen LogP contribution in [0.2, 0.25) is 0 Å².